The molecule has 6 heteroatoms. The predicted molar refractivity (Wildman–Crippen MR) is 85.6 cm³/mol. The van der Waals surface area contributed by atoms with Gasteiger partial charge in [-0.2, -0.15) is 0 Å². The summed E-state index contributed by atoms with van der Waals surface area (Å²) >= 11 is 0. The molecule has 0 atom stereocenters. The highest BCUT2D eigenvalue weighted by Crippen LogP contribution is 2.25. The summed E-state index contributed by atoms with van der Waals surface area (Å²) in [7, 11) is 0. The second-order valence-corrected chi connectivity index (χ2v) is 5.03. The number of aromatic nitrogens is 2. The van der Waals surface area contributed by atoms with E-state index in [9.17, 15) is 4.79 Å². The zero-order chi connectivity index (χ0) is 16.1. The first-order valence-corrected chi connectivity index (χ1v) is 7.27. The Morgan fingerprint density at radius 1 is 1.35 bits per heavy atom. The molecular formula is C17H17N3O3. The first-order chi connectivity index (χ1) is 11.2. The molecule has 0 aliphatic rings. The van der Waals surface area contributed by atoms with Crippen molar-refractivity contribution in [1.29, 1.82) is 0 Å². The molecule has 23 heavy (non-hydrogen) atoms. The molecule has 1 aromatic carbocycles. The second kappa shape index (κ2) is 6.83. The van der Waals surface area contributed by atoms with Crippen LogP contribution in [0.5, 0.6) is 5.75 Å². The van der Waals surface area contributed by atoms with Gasteiger partial charge in [-0.05, 0) is 25.1 Å². The van der Waals surface area contributed by atoms with Crippen molar-refractivity contribution >= 4 is 11.6 Å². The summed E-state index contributed by atoms with van der Waals surface area (Å²) in [6.45, 7) is 2.98. The van der Waals surface area contributed by atoms with Gasteiger partial charge in [0.05, 0.1) is 24.8 Å². The summed E-state index contributed by atoms with van der Waals surface area (Å²) in [5.41, 5.74) is 1.40. The molecule has 1 amide bonds. The summed E-state index contributed by atoms with van der Waals surface area (Å²) in [6, 6.07) is 9.07. The summed E-state index contributed by atoms with van der Waals surface area (Å²) in [5, 5.41) is 2.82. The maximum Gasteiger partial charge on any atom is 0.291 e. The molecule has 6 nitrogen and oxygen atoms in total. The van der Waals surface area contributed by atoms with Crippen molar-refractivity contribution < 1.29 is 13.9 Å². The van der Waals surface area contributed by atoms with Crippen molar-refractivity contribution in [3.8, 4) is 5.75 Å². The summed E-state index contributed by atoms with van der Waals surface area (Å²) in [4.78, 5) is 16.2. The van der Waals surface area contributed by atoms with E-state index in [0.29, 0.717) is 30.3 Å². The van der Waals surface area contributed by atoms with Crippen LogP contribution in [0.1, 0.15) is 16.1 Å². The van der Waals surface area contributed by atoms with Crippen molar-refractivity contribution in [2.45, 2.75) is 13.5 Å². The topological polar surface area (TPSA) is 69.3 Å². The number of hydrogen-bond donors (Lipinski definition) is 1. The van der Waals surface area contributed by atoms with Crippen molar-refractivity contribution in [2.75, 3.05) is 11.9 Å². The van der Waals surface area contributed by atoms with Crippen molar-refractivity contribution in [3.63, 3.8) is 0 Å². The van der Waals surface area contributed by atoms with Crippen LogP contribution in [0.3, 0.4) is 0 Å². The number of benzene rings is 1. The SMILES string of the molecule is Cc1ccoc1C(=O)Nc1ccccc1OCCn1ccnc1. The second-order valence-electron chi connectivity index (χ2n) is 5.03. The van der Waals surface area contributed by atoms with Crippen molar-refractivity contribution in [2.24, 2.45) is 0 Å². The third-order valence-electron chi connectivity index (χ3n) is 3.37. The molecule has 3 aromatic rings. The smallest absolute Gasteiger partial charge is 0.291 e. The van der Waals surface area contributed by atoms with E-state index >= 15 is 0 Å². The number of furan rings is 1. The van der Waals surface area contributed by atoms with Crippen molar-refractivity contribution in [1.82, 2.24) is 9.55 Å². The summed E-state index contributed by atoms with van der Waals surface area (Å²) < 4.78 is 12.9. The fourth-order valence-electron chi connectivity index (χ4n) is 2.16. The minimum atomic E-state index is -0.293. The molecular weight excluding hydrogens is 294 g/mol. The van der Waals surface area contributed by atoms with E-state index in [0.717, 1.165) is 5.56 Å². The number of hydrogen-bond acceptors (Lipinski definition) is 4. The van der Waals surface area contributed by atoms with Crippen LogP contribution in [0, 0.1) is 6.92 Å². The standard InChI is InChI=1S/C17H17N3O3/c1-13-6-10-23-16(13)17(21)19-14-4-2-3-5-15(14)22-11-9-20-8-7-18-12-20/h2-8,10,12H,9,11H2,1H3,(H,19,21). The fraction of sp³-hybridized carbons (Fsp3) is 0.176. The number of ether oxygens (including phenoxy) is 1. The molecule has 0 unspecified atom stereocenters. The summed E-state index contributed by atoms with van der Waals surface area (Å²) in [5.74, 6) is 0.626. The molecule has 0 saturated heterocycles. The number of rotatable bonds is 6. The number of para-hydroxylation sites is 2. The zero-order valence-corrected chi connectivity index (χ0v) is 12.7. The van der Waals surface area contributed by atoms with Crippen LogP contribution in [0.2, 0.25) is 0 Å². The molecule has 1 N–H and O–H groups in total. The van der Waals surface area contributed by atoms with E-state index in [-0.39, 0.29) is 5.91 Å². The summed E-state index contributed by atoms with van der Waals surface area (Å²) in [6.07, 6.45) is 6.82. The lowest BCUT2D eigenvalue weighted by Gasteiger charge is -2.12. The van der Waals surface area contributed by atoms with Gasteiger partial charge in [0.15, 0.2) is 5.76 Å². The monoisotopic (exact) mass is 311 g/mol. The van der Waals surface area contributed by atoms with Gasteiger partial charge in [0.25, 0.3) is 5.91 Å². The maximum absolute atomic E-state index is 12.2. The Bertz CT molecular complexity index is 778. The van der Waals surface area contributed by atoms with E-state index in [4.69, 9.17) is 9.15 Å². The van der Waals surface area contributed by atoms with Crippen LogP contribution in [0.15, 0.2) is 59.7 Å². The fourth-order valence-corrected chi connectivity index (χ4v) is 2.16. The zero-order valence-electron chi connectivity index (χ0n) is 12.7. The number of aryl methyl sites for hydroxylation is 1. The van der Waals surface area contributed by atoms with Crippen LogP contribution >= 0.6 is 0 Å². The first-order valence-electron chi connectivity index (χ1n) is 7.27. The maximum atomic E-state index is 12.2. The molecule has 0 bridgehead atoms. The van der Waals surface area contributed by atoms with Gasteiger partial charge in [-0.1, -0.05) is 12.1 Å². The molecule has 0 fully saturated rings. The van der Waals surface area contributed by atoms with Crippen LogP contribution in [0.25, 0.3) is 0 Å². The van der Waals surface area contributed by atoms with Crippen LogP contribution in [-0.2, 0) is 6.54 Å². The lowest BCUT2D eigenvalue weighted by Crippen LogP contribution is -2.14. The minimum absolute atomic E-state index is 0.293. The number of nitrogens with one attached hydrogen (secondary N) is 1. The van der Waals surface area contributed by atoms with E-state index in [1.54, 1.807) is 24.7 Å². The average Bonchev–Trinajstić information content (AvgIpc) is 3.20. The Morgan fingerprint density at radius 3 is 2.96 bits per heavy atom. The molecule has 118 valence electrons. The lowest BCUT2D eigenvalue weighted by molar-refractivity contribution is 0.0995. The van der Waals surface area contributed by atoms with Gasteiger partial charge in [0.2, 0.25) is 0 Å². The van der Waals surface area contributed by atoms with Gasteiger partial charge in [-0.15, -0.1) is 0 Å². The van der Waals surface area contributed by atoms with Gasteiger partial charge in [-0.25, -0.2) is 4.98 Å². The quantitative estimate of drug-likeness (QED) is 0.759. The predicted octanol–water partition coefficient (Wildman–Crippen LogP) is 3.12. The largest absolute Gasteiger partial charge is 0.490 e. The normalized spacial score (nSPS) is 10.5. The average molecular weight is 311 g/mol. The Labute approximate surface area is 133 Å². The number of carbonyl (C=O) groups is 1. The Hall–Kier alpha value is -3.02. The van der Waals surface area contributed by atoms with E-state index in [1.165, 1.54) is 6.26 Å². The van der Waals surface area contributed by atoms with Gasteiger partial charge in [0.1, 0.15) is 12.4 Å². The van der Waals surface area contributed by atoms with Crippen molar-refractivity contribution in [3.05, 3.63) is 66.6 Å². The number of amides is 1. The first kappa shape index (κ1) is 14.9. The molecule has 0 aliphatic carbocycles. The van der Waals surface area contributed by atoms with E-state index in [2.05, 4.69) is 10.3 Å². The van der Waals surface area contributed by atoms with E-state index in [1.807, 2.05) is 35.9 Å². The number of nitrogens with zero attached hydrogens (tertiary/aromatic N) is 2. The van der Waals surface area contributed by atoms with E-state index < -0.39 is 0 Å². The molecule has 3 rings (SSSR count). The molecule has 0 spiro atoms. The van der Waals surface area contributed by atoms with Crippen LogP contribution < -0.4 is 10.1 Å². The number of imidazole rings is 1. The Morgan fingerprint density at radius 2 is 2.22 bits per heavy atom. The minimum Gasteiger partial charge on any atom is -0.490 e. The number of anilines is 1. The highest BCUT2D eigenvalue weighted by atomic mass is 16.5. The highest BCUT2D eigenvalue weighted by molar-refractivity contribution is 6.03. The van der Waals surface area contributed by atoms with Gasteiger partial charge in [0, 0.05) is 18.0 Å². The number of carbonyl (C=O) groups excluding carboxylic acids is 1. The van der Waals surface area contributed by atoms with Crippen LogP contribution in [0.4, 0.5) is 5.69 Å². The Kier molecular flexibility index (Phi) is 4.42. The van der Waals surface area contributed by atoms with Gasteiger partial charge >= 0.3 is 0 Å². The molecule has 0 saturated carbocycles. The molecule has 2 aromatic heterocycles. The third kappa shape index (κ3) is 3.60. The van der Waals surface area contributed by atoms with Gasteiger partial charge < -0.3 is 19.0 Å². The lowest BCUT2D eigenvalue weighted by atomic mass is 10.2. The molecule has 0 aliphatic heterocycles. The molecule has 2 heterocycles. The van der Waals surface area contributed by atoms with Gasteiger partial charge in [-0.3, -0.25) is 4.79 Å². The highest BCUT2D eigenvalue weighted by Gasteiger charge is 2.14. The molecule has 0 radical (unpaired) electrons. The van der Waals surface area contributed by atoms with Crippen LogP contribution in [-0.4, -0.2) is 22.1 Å². The third-order valence-corrected chi connectivity index (χ3v) is 3.37. The Balaban J connectivity index is 1.65.